The number of carbonyl (C=O) groups excluding carboxylic acids is 1. The van der Waals surface area contributed by atoms with Crippen molar-refractivity contribution in [3.63, 3.8) is 0 Å². The third kappa shape index (κ3) is 2.65. The topological polar surface area (TPSA) is 17.1 Å². The third-order valence-corrected chi connectivity index (χ3v) is 2.34. The van der Waals surface area contributed by atoms with Crippen LogP contribution >= 0.6 is 23.2 Å². The van der Waals surface area contributed by atoms with Crippen molar-refractivity contribution in [2.24, 2.45) is 0 Å². The molecular weight excluding hydrogens is 271 g/mol. The van der Waals surface area contributed by atoms with Gasteiger partial charge in [-0.25, -0.2) is 4.39 Å². The number of Topliss-reactive ketones (excluding diaryl/α,β-unsaturated/α-hetero) is 1. The monoisotopic (exact) mass is 274 g/mol. The Morgan fingerprint density at radius 1 is 1.31 bits per heavy atom. The first-order valence-electron chi connectivity index (χ1n) is 3.92. The second kappa shape index (κ2) is 4.59. The average Bonchev–Trinajstić information content (AvgIpc) is 2.18. The summed E-state index contributed by atoms with van der Waals surface area (Å²) in [5.74, 6) is -2.77. The molecule has 1 rings (SSSR count). The molecule has 0 saturated carbocycles. The van der Waals surface area contributed by atoms with E-state index in [4.69, 9.17) is 23.2 Å². The van der Waals surface area contributed by atoms with Crippen molar-refractivity contribution >= 4 is 29.0 Å². The van der Waals surface area contributed by atoms with Gasteiger partial charge in [-0.1, -0.05) is 11.6 Å². The van der Waals surface area contributed by atoms with Gasteiger partial charge in [0.25, 0.3) is 0 Å². The van der Waals surface area contributed by atoms with Crippen molar-refractivity contribution in [2.45, 2.75) is 6.18 Å². The molecule has 0 aliphatic heterocycles. The van der Waals surface area contributed by atoms with Gasteiger partial charge in [0.1, 0.15) is 5.82 Å². The quantitative estimate of drug-likeness (QED) is 0.454. The number of carbonyl (C=O) groups is 1. The Morgan fingerprint density at radius 3 is 2.31 bits per heavy atom. The summed E-state index contributed by atoms with van der Waals surface area (Å²) in [6, 6.07) is 0.812. The van der Waals surface area contributed by atoms with Crippen LogP contribution in [0.4, 0.5) is 17.6 Å². The lowest BCUT2D eigenvalue weighted by Crippen LogP contribution is -2.11. The fourth-order valence-electron chi connectivity index (χ4n) is 1.05. The summed E-state index contributed by atoms with van der Waals surface area (Å²) >= 11 is 10.6. The summed E-state index contributed by atoms with van der Waals surface area (Å²) in [4.78, 5) is 11.1. The van der Waals surface area contributed by atoms with E-state index in [0.717, 1.165) is 0 Å². The molecule has 16 heavy (non-hydrogen) atoms. The molecule has 0 aliphatic carbocycles. The standard InChI is InChI=1S/C9H4Cl2F4O/c10-3-8(16)4-1-7(12)5(2-6(4)11)9(13,14)15/h1-2H,3H2. The lowest BCUT2D eigenvalue weighted by Gasteiger charge is -2.10. The van der Waals surface area contributed by atoms with Crippen molar-refractivity contribution in [3.8, 4) is 0 Å². The first-order chi connectivity index (χ1) is 7.27. The van der Waals surface area contributed by atoms with Crippen LogP contribution in [0.15, 0.2) is 12.1 Å². The van der Waals surface area contributed by atoms with Gasteiger partial charge in [-0.15, -0.1) is 11.6 Å². The van der Waals surface area contributed by atoms with Gasteiger partial charge in [0.2, 0.25) is 0 Å². The van der Waals surface area contributed by atoms with Crippen molar-refractivity contribution in [2.75, 3.05) is 5.88 Å². The number of benzene rings is 1. The number of halogens is 6. The molecular formula is C9H4Cl2F4O. The molecule has 1 aromatic carbocycles. The van der Waals surface area contributed by atoms with Crippen LogP contribution in [-0.2, 0) is 6.18 Å². The largest absolute Gasteiger partial charge is 0.419 e. The molecule has 88 valence electrons. The van der Waals surface area contributed by atoms with E-state index < -0.39 is 34.2 Å². The second-order valence-electron chi connectivity index (χ2n) is 2.87. The van der Waals surface area contributed by atoms with Crippen LogP contribution < -0.4 is 0 Å². The molecule has 1 nitrogen and oxygen atoms in total. The van der Waals surface area contributed by atoms with Crippen molar-refractivity contribution < 1.29 is 22.4 Å². The molecule has 0 spiro atoms. The Bertz CT molecular complexity index is 428. The molecule has 0 unspecified atom stereocenters. The van der Waals surface area contributed by atoms with Crippen molar-refractivity contribution in [1.82, 2.24) is 0 Å². The van der Waals surface area contributed by atoms with Crippen LogP contribution in [-0.4, -0.2) is 11.7 Å². The van der Waals surface area contributed by atoms with Gasteiger partial charge in [-0.2, -0.15) is 13.2 Å². The zero-order chi connectivity index (χ0) is 12.5. The van der Waals surface area contributed by atoms with Crippen LogP contribution in [0, 0.1) is 5.82 Å². The summed E-state index contributed by atoms with van der Waals surface area (Å²) in [6.07, 6.45) is -4.85. The molecule has 0 N–H and O–H groups in total. The number of rotatable bonds is 2. The predicted octanol–water partition coefficient (Wildman–Crippen LogP) is 3.92. The molecule has 0 radical (unpaired) electrons. The second-order valence-corrected chi connectivity index (χ2v) is 3.54. The highest BCUT2D eigenvalue weighted by atomic mass is 35.5. The highest BCUT2D eigenvalue weighted by molar-refractivity contribution is 6.37. The van der Waals surface area contributed by atoms with Crippen LogP contribution in [0.3, 0.4) is 0 Å². The maximum absolute atomic E-state index is 13.0. The normalized spacial score (nSPS) is 11.6. The number of hydrogen-bond donors (Lipinski definition) is 0. The molecule has 0 aromatic heterocycles. The fraction of sp³-hybridized carbons (Fsp3) is 0.222. The lowest BCUT2D eigenvalue weighted by molar-refractivity contribution is -0.140. The van der Waals surface area contributed by atoms with Crippen LogP contribution in [0.5, 0.6) is 0 Å². The molecule has 0 saturated heterocycles. The van der Waals surface area contributed by atoms with Gasteiger partial charge in [0, 0.05) is 5.56 Å². The minimum absolute atomic E-state index is 0.359. The Kier molecular flexibility index (Phi) is 3.80. The molecule has 0 fully saturated rings. The lowest BCUT2D eigenvalue weighted by atomic mass is 10.1. The minimum atomic E-state index is -4.85. The summed E-state index contributed by atoms with van der Waals surface area (Å²) in [7, 11) is 0. The van der Waals surface area contributed by atoms with Gasteiger partial charge in [0.15, 0.2) is 5.78 Å². The highest BCUT2D eigenvalue weighted by Gasteiger charge is 2.35. The number of ketones is 1. The zero-order valence-corrected chi connectivity index (χ0v) is 9.05. The molecule has 1 aromatic rings. The first kappa shape index (κ1) is 13.3. The SMILES string of the molecule is O=C(CCl)c1cc(F)c(C(F)(F)F)cc1Cl. The van der Waals surface area contributed by atoms with E-state index in [9.17, 15) is 22.4 Å². The Morgan fingerprint density at radius 2 is 1.88 bits per heavy atom. The molecule has 0 atom stereocenters. The molecule has 0 bridgehead atoms. The van der Waals surface area contributed by atoms with Crippen molar-refractivity contribution in [3.05, 3.63) is 34.1 Å². The van der Waals surface area contributed by atoms with E-state index in [0.29, 0.717) is 12.1 Å². The van der Waals surface area contributed by atoms with Crippen LogP contribution in [0.25, 0.3) is 0 Å². The van der Waals surface area contributed by atoms with E-state index in [-0.39, 0.29) is 5.56 Å². The van der Waals surface area contributed by atoms with E-state index >= 15 is 0 Å². The summed E-state index contributed by atoms with van der Waals surface area (Å²) in [5, 5.41) is -0.473. The Labute approximate surface area is 98.0 Å². The fourth-order valence-corrected chi connectivity index (χ4v) is 1.46. The summed E-state index contributed by atoms with van der Waals surface area (Å²) < 4.78 is 49.8. The summed E-state index contributed by atoms with van der Waals surface area (Å²) in [6.45, 7) is 0. The summed E-state index contributed by atoms with van der Waals surface area (Å²) in [5.41, 5.74) is -1.87. The van der Waals surface area contributed by atoms with Gasteiger partial charge in [0.05, 0.1) is 16.5 Å². The first-order valence-corrected chi connectivity index (χ1v) is 4.84. The molecule has 0 heterocycles. The Balaban J connectivity index is 3.33. The zero-order valence-electron chi connectivity index (χ0n) is 7.54. The van der Waals surface area contributed by atoms with Gasteiger partial charge >= 0.3 is 6.18 Å². The van der Waals surface area contributed by atoms with E-state index in [1.807, 2.05) is 0 Å². The van der Waals surface area contributed by atoms with Gasteiger partial charge < -0.3 is 0 Å². The smallest absolute Gasteiger partial charge is 0.293 e. The molecule has 0 amide bonds. The number of hydrogen-bond acceptors (Lipinski definition) is 1. The molecule has 7 heteroatoms. The highest BCUT2D eigenvalue weighted by Crippen LogP contribution is 2.34. The predicted molar refractivity (Wildman–Crippen MR) is 51.5 cm³/mol. The van der Waals surface area contributed by atoms with Gasteiger partial charge in [-0.3, -0.25) is 4.79 Å². The van der Waals surface area contributed by atoms with Crippen LogP contribution in [0.2, 0.25) is 5.02 Å². The minimum Gasteiger partial charge on any atom is -0.293 e. The van der Waals surface area contributed by atoms with Crippen molar-refractivity contribution in [1.29, 1.82) is 0 Å². The van der Waals surface area contributed by atoms with E-state index in [2.05, 4.69) is 0 Å². The third-order valence-electron chi connectivity index (χ3n) is 1.78. The molecule has 0 aliphatic rings. The maximum atomic E-state index is 13.0. The van der Waals surface area contributed by atoms with Crippen LogP contribution in [0.1, 0.15) is 15.9 Å². The van der Waals surface area contributed by atoms with E-state index in [1.165, 1.54) is 0 Å². The van der Waals surface area contributed by atoms with E-state index in [1.54, 1.807) is 0 Å². The van der Waals surface area contributed by atoms with Gasteiger partial charge in [-0.05, 0) is 12.1 Å². The number of alkyl halides is 4. The maximum Gasteiger partial charge on any atom is 0.419 e. The Hall–Kier alpha value is -0.810. The average molecular weight is 275 g/mol.